The van der Waals surface area contributed by atoms with E-state index in [0.717, 1.165) is 44.3 Å². The van der Waals surface area contributed by atoms with E-state index in [1.165, 1.54) is 116 Å². The monoisotopic (exact) mass is 585 g/mol. The van der Waals surface area contributed by atoms with Crippen LogP contribution in [-0.2, 0) is 9.47 Å². The minimum Gasteiger partial charge on any atom is -0.379 e. The molecule has 0 radical (unpaired) electrons. The standard InChI is InChI=1S/C34H67NO2S2/c1-5-7-9-11-13-14-15-16-17-18-19-20-21-23-24-26-29-36-32-34(33-39-38-31-28-35(3)4)37-30-27-25-22-12-10-8-6-2/h13-14,16-17,34H,5-12,15,18-33H2,1-4H3/b14-13-,17-16-. The molecule has 0 spiro atoms. The smallest absolute Gasteiger partial charge is 0.0906 e. The number of unbranched alkanes of at least 4 members (excludes halogenated alkanes) is 15. The zero-order chi connectivity index (χ0) is 28.5. The van der Waals surface area contributed by atoms with Crippen LogP contribution in [0.25, 0.3) is 0 Å². The van der Waals surface area contributed by atoms with Gasteiger partial charge in [0.15, 0.2) is 0 Å². The highest BCUT2D eigenvalue weighted by Gasteiger charge is 2.10. The number of allylic oxidation sites excluding steroid dienone is 4. The van der Waals surface area contributed by atoms with Crippen LogP contribution < -0.4 is 0 Å². The molecular formula is C34H67NO2S2. The predicted molar refractivity (Wildman–Crippen MR) is 181 cm³/mol. The first-order valence-corrected chi connectivity index (χ1v) is 19.1. The van der Waals surface area contributed by atoms with Crippen LogP contribution in [0.1, 0.15) is 136 Å². The number of hydrogen-bond donors (Lipinski definition) is 0. The Morgan fingerprint density at radius 3 is 1.79 bits per heavy atom. The maximum Gasteiger partial charge on any atom is 0.0906 e. The molecule has 1 atom stereocenters. The van der Waals surface area contributed by atoms with Crippen molar-refractivity contribution in [3.63, 3.8) is 0 Å². The molecule has 0 N–H and O–H groups in total. The quantitative estimate of drug-likeness (QED) is 0.0443. The molecule has 0 saturated carbocycles. The van der Waals surface area contributed by atoms with Crippen LogP contribution in [0, 0.1) is 0 Å². The Bertz CT molecular complexity index is 513. The minimum atomic E-state index is 0.228. The van der Waals surface area contributed by atoms with Gasteiger partial charge in [0.2, 0.25) is 0 Å². The molecule has 0 rings (SSSR count). The molecule has 0 aromatic rings. The zero-order valence-electron chi connectivity index (χ0n) is 26.6. The second-order valence-electron chi connectivity index (χ2n) is 11.2. The third-order valence-electron chi connectivity index (χ3n) is 6.85. The molecular weight excluding hydrogens is 519 g/mol. The SMILES string of the molecule is CCCCC/C=C\C/C=C\CCCCCCCCOCC(CSSCCN(C)C)OCCCCCCCCC. The number of rotatable bonds is 32. The molecule has 0 heterocycles. The molecule has 0 bridgehead atoms. The Morgan fingerprint density at radius 1 is 0.615 bits per heavy atom. The van der Waals surface area contributed by atoms with Gasteiger partial charge < -0.3 is 14.4 Å². The molecule has 0 amide bonds. The topological polar surface area (TPSA) is 21.7 Å². The number of ether oxygens (including phenoxy) is 2. The summed E-state index contributed by atoms with van der Waals surface area (Å²) in [5, 5.41) is 0. The van der Waals surface area contributed by atoms with Crippen LogP contribution >= 0.6 is 21.6 Å². The molecule has 0 aliphatic rings. The fraction of sp³-hybridized carbons (Fsp3) is 0.882. The maximum atomic E-state index is 6.25. The molecule has 232 valence electrons. The molecule has 0 fully saturated rings. The number of hydrogen-bond acceptors (Lipinski definition) is 5. The first-order valence-electron chi connectivity index (χ1n) is 16.6. The zero-order valence-corrected chi connectivity index (χ0v) is 28.3. The Morgan fingerprint density at radius 2 is 1.15 bits per heavy atom. The fourth-order valence-corrected chi connectivity index (χ4v) is 6.58. The fourth-order valence-electron chi connectivity index (χ4n) is 4.26. The lowest BCUT2D eigenvalue weighted by molar-refractivity contribution is -0.00609. The Kier molecular flexibility index (Phi) is 34.3. The summed E-state index contributed by atoms with van der Waals surface area (Å²) in [6.45, 7) is 8.19. The van der Waals surface area contributed by atoms with E-state index < -0.39 is 0 Å². The molecule has 5 heteroatoms. The van der Waals surface area contributed by atoms with Crippen molar-refractivity contribution in [1.29, 1.82) is 0 Å². The highest BCUT2D eigenvalue weighted by atomic mass is 33.1. The van der Waals surface area contributed by atoms with E-state index in [1.807, 2.05) is 21.6 Å². The van der Waals surface area contributed by atoms with Crippen LogP contribution in [0.3, 0.4) is 0 Å². The lowest BCUT2D eigenvalue weighted by Crippen LogP contribution is -2.23. The van der Waals surface area contributed by atoms with Gasteiger partial charge in [0.25, 0.3) is 0 Å². The first-order chi connectivity index (χ1) is 19.2. The maximum absolute atomic E-state index is 6.25. The third kappa shape index (κ3) is 34.2. The van der Waals surface area contributed by atoms with Crippen molar-refractivity contribution in [2.45, 2.75) is 142 Å². The summed E-state index contributed by atoms with van der Waals surface area (Å²) in [4.78, 5) is 2.25. The minimum absolute atomic E-state index is 0.228. The summed E-state index contributed by atoms with van der Waals surface area (Å²) < 4.78 is 12.3. The van der Waals surface area contributed by atoms with Crippen molar-refractivity contribution in [1.82, 2.24) is 4.90 Å². The summed E-state index contributed by atoms with van der Waals surface area (Å²) in [5.74, 6) is 2.19. The van der Waals surface area contributed by atoms with Crippen LogP contribution in [0.2, 0.25) is 0 Å². The molecule has 0 saturated heterocycles. The summed E-state index contributed by atoms with van der Waals surface area (Å²) in [6, 6.07) is 0. The van der Waals surface area contributed by atoms with Crippen molar-refractivity contribution >= 4 is 21.6 Å². The van der Waals surface area contributed by atoms with E-state index in [2.05, 4.69) is 57.1 Å². The van der Waals surface area contributed by atoms with Crippen molar-refractivity contribution in [3.8, 4) is 0 Å². The van der Waals surface area contributed by atoms with Crippen molar-refractivity contribution < 1.29 is 9.47 Å². The molecule has 0 aromatic heterocycles. The summed E-state index contributed by atoms with van der Waals surface area (Å²) in [6.07, 6.45) is 34.4. The molecule has 1 unspecified atom stereocenters. The third-order valence-corrected chi connectivity index (χ3v) is 9.29. The normalized spacial score (nSPS) is 12.9. The van der Waals surface area contributed by atoms with Crippen LogP contribution in [0.5, 0.6) is 0 Å². The first kappa shape index (κ1) is 39.1. The molecule has 3 nitrogen and oxygen atoms in total. The summed E-state index contributed by atoms with van der Waals surface area (Å²) in [5.41, 5.74) is 0. The van der Waals surface area contributed by atoms with Crippen LogP contribution in [0.15, 0.2) is 24.3 Å². The van der Waals surface area contributed by atoms with E-state index in [9.17, 15) is 0 Å². The second kappa shape index (κ2) is 34.3. The summed E-state index contributed by atoms with van der Waals surface area (Å²) >= 11 is 0. The lowest BCUT2D eigenvalue weighted by Gasteiger charge is -2.18. The average molecular weight is 586 g/mol. The second-order valence-corrected chi connectivity index (χ2v) is 13.8. The van der Waals surface area contributed by atoms with Gasteiger partial charge in [-0.25, -0.2) is 0 Å². The Labute approximate surface area is 253 Å². The van der Waals surface area contributed by atoms with E-state index in [1.54, 1.807) is 0 Å². The predicted octanol–water partition coefficient (Wildman–Crippen LogP) is 10.9. The van der Waals surface area contributed by atoms with Gasteiger partial charge in [-0.2, -0.15) is 0 Å². The van der Waals surface area contributed by atoms with Gasteiger partial charge in [0.1, 0.15) is 0 Å². The summed E-state index contributed by atoms with van der Waals surface area (Å²) in [7, 11) is 8.19. The van der Waals surface area contributed by atoms with Gasteiger partial charge in [0, 0.05) is 31.3 Å². The van der Waals surface area contributed by atoms with Gasteiger partial charge in [-0.05, 0) is 59.0 Å². The van der Waals surface area contributed by atoms with Crippen molar-refractivity contribution in [3.05, 3.63) is 24.3 Å². The largest absolute Gasteiger partial charge is 0.379 e. The highest BCUT2D eigenvalue weighted by Crippen LogP contribution is 2.23. The highest BCUT2D eigenvalue weighted by molar-refractivity contribution is 8.76. The van der Waals surface area contributed by atoms with Crippen molar-refractivity contribution in [2.75, 3.05) is 52.0 Å². The molecule has 39 heavy (non-hydrogen) atoms. The van der Waals surface area contributed by atoms with Gasteiger partial charge in [-0.3, -0.25) is 0 Å². The Hall–Kier alpha value is 0.0600. The van der Waals surface area contributed by atoms with Gasteiger partial charge in [-0.1, -0.05) is 137 Å². The van der Waals surface area contributed by atoms with E-state index >= 15 is 0 Å². The Balaban J connectivity index is 3.75. The van der Waals surface area contributed by atoms with Gasteiger partial charge in [0.05, 0.1) is 12.7 Å². The van der Waals surface area contributed by atoms with E-state index in [4.69, 9.17) is 9.47 Å². The van der Waals surface area contributed by atoms with E-state index in [0.29, 0.717) is 0 Å². The average Bonchev–Trinajstić information content (AvgIpc) is 2.93. The molecule has 0 aliphatic heterocycles. The van der Waals surface area contributed by atoms with Crippen LogP contribution in [-0.4, -0.2) is 63.0 Å². The van der Waals surface area contributed by atoms with Crippen LogP contribution in [0.4, 0.5) is 0 Å². The van der Waals surface area contributed by atoms with Gasteiger partial charge in [-0.15, -0.1) is 0 Å². The molecule has 0 aliphatic carbocycles. The number of nitrogens with zero attached hydrogens (tertiary/aromatic N) is 1. The lowest BCUT2D eigenvalue weighted by atomic mass is 10.1. The van der Waals surface area contributed by atoms with Crippen molar-refractivity contribution in [2.24, 2.45) is 0 Å². The molecule has 0 aromatic carbocycles. The van der Waals surface area contributed by atoms with E-state index in [-0.39, 0.29) is 6.10 Å². The van der Waals surface area contributed by atoms with Gasteiger partial charge >= 0.3 is 0 Å².